The van der Waals surface area contributed by atoms with Crippen molar-refractivity contribution in [2.24, 2.45) is 11.3 Å². The number of amides is 1. The SMILES string of the molecule is Cc1c2c(c(NC(=O)C(C)(C)C)c(C)c1NS(C)(=O)=O)N(CC(C)C)CC2. The van der Waals surface area contributed by atoms with E-state index in [4.69, 9.17) is 0 Å². The summed E-state index contributed by atoms with van der Waals surface area (Å²) in [4.78, 5) is 15.0. The number of carbonyl (C=O) groups is 1. The fourth-order valence-electron chi connectivity index (χ4n) is 3.49. The van der Waals surface area contributed by atoms with Crippen LogP contribution in [0, 0.1) is 25.2 Å². The third-order valence-corrected chi connectivity index (χ3v) is 5.42. The summed E-state index contributed by atoms with van der Waals surface area (Å²) in [6.45, 7) is 15.5. The minimum atomic E-state index is -3.42. The maximum atomic E-state index is 12.7. The number of carbonyl (C=O) groups excluding carboxylic acids is 1. The second-order valence-corrected chi connectivity index (χ2v) is 10.7. The molecule has 0 radical (unpaired) electrons. The number of benzene rings is 1. The summed E-state index contributed by atoms with van der Waals surface area (Å²) < 4.78 is 26.5. The molecule has 1 aromatic rings. The fourth-order valence-corrected chi connectivity index (χ4v) is 4.17. The Hall–Kier alpha value is -1.76. The lowest BCUT2D eigenvalue weighted by atomic mass is 9.93. The van der Waals surface area contributed by atoms with Gasteiger partial charge in [-0.1, -0.05) is 34.6 Å². The van der Waals surface area contributed by atoms with Crippen molar-refractivity contribution in [3.8, 4) is 0 Å². The van der Waals surface area contributed by atoms with Crippen molar-refractivity contribution in [3.05, 3.63) is 16.7 Å². The molecule has 0 atom stereocenters. The Morgan fingerprint density at radius 2 is 1.74 bits per heavy atom. The first kappa shape index (κ1) is 21.5. The average molecular weight is 396 g/mol. The van der Waals surface area contributed by atoms with Crippen LogP contribution in [-0.2, 0) is 21.2 Å². The Bertz CT molecular complexity index is 852. The number of hydrogen-bond donors (Lipinski definition) is 2. The van der Waals surface area contributed by atoms with Crippen LogP contribution in [0.2, 0.25) is 0 Å². The summed E-state index contributed by atoms with van der Waals surface area (Å²) in [6, 6.07) is 0. The number of hydrogen-bond acceptors (Lipinski definition) is 4. The molecule has 2 rings (SSSR count). The van der Waals surface area contributed by atoms with Crippen LogP contribution in [0.15, 0.2) is 0 Å². The lowest BCUT2D eigenvalue weighted by Gasteiger charge is -2.29. The summed E-state index contributed by atoms with van der Waals surface area (Å²) >= 11 is 0. The van der Waals surface area contributed by atoms with Crippen LogP contribution in [-0.4, -0.2) is 33.7 Å². The molecule has 2 N–H and O–H groups in total. The highest BCUT2D eigenvalue weighted by atomic mass is 32.2. The molecule has 1 amide bonds. The van der Waals surface area contributed by atoms with Gasteiger partial charge >= 0.3 is 0 Å². The first-order chi connectivity index (χ1) is 12.2. The van der Waals surface area contributed by atoms with E-state index < -0.39 is 15.4 Å². The lowest BCUT2D eigenvalue weighted by molar-refractivity contribution is -0.123. The van der Waals surface area contributed by atoms with Gasteiger partial charge in [0.1, 0.15) is 0 Å². The molecule has 0 saturated heterocycles. The highest BCUT2D eigenvalue weighted by Gasteiger charge is 2.31. The van der Waals surface area contributed by atoms with Crippen LogP contribution >= 0.6 is 0 Å². The van der Waals surface area contributed by atoms with Gasteiger partial charge in [-0.05, 0) is 42.9 Å². The average Bonchev–Trinajstić information content (AvgIpc) is 2.88. The molecule has 152 valence electrons. The van der Waals surface area contributed by atoms with Crippen molar-refractivity contribution in [3.63, 3.8) is 0 Å². The van der Waals surface area contributed by atoms with Gasteiger partial charge in [-0.15, -0.1) is 0 Å². The van der Waals surface area contributed by atoms with Crippen molar-refractivity contribution in [2.75, 3.05) is 34.3 Å². The lowest BCUT2D eigenvalue weighted by Crippen LogP contribution is -2.31. The van der Waals surface area contributed by atoms with Crippen molar-refractivity contribution in [1.29, 1.82) is 0 Å². The van der Waals surface area contributed by atoms with E-state index >= 15 is 0 Å². The summed E-state index contributed by atoms with van der Waals surface area (Å²) in [5, 5.41) is 3.09. The van der Waals surface area contributed by atoms with Gasteiger partial charge in [-0.3, -0.25) is 9.52 Å². The zero-order valence-electron chi connectivity index (χ0n) is 17.8. The standard InChI is InChI=1S/C20H33N3O3S/c1-12(2)11-23-10-9-15-13(3)16(22-27(8,25)26)14(4)17(18(15)23)21-19(24)20(5,6)7/h12,22H,9-11H2,1-8H3,(H,21,24). The number of fused-ring (bicyclic) bond motifs is 1. The molecule has 0 bridgehead atoms. The smallest absolute Gasteiger partial charge is 0.229 e. The van der Waals surface area contributed by atoms with Gasteiger partial charge in [0.25, 0.3) is 0 Å². The van der Waals surface area contributed by atoms with Crippen molar-refractivity contribution >= 4 is 33.0 Å². The van der Waals surface area contributed by atoms with Gasteiger partial charge in [0.05, 0.1) is 23.3 Å². The van der Waals surface area contributed by atoms with Gasteiger partial charge in [0, 0.05) is 18.5 Å². The molecule has 1 heterocycles. The van der Waals surface area contributed by atoms with Crippen LogP contribution in [0.3, 0.4) is 0 Å². The number of nitrogens with one attached hydrogen (secondary N) is 2. The van der Waals surface area contributed by atoms with E-state index in [-0.39, 0.29) is 5.91 Å². The Kier molecular flexibility index (Phi) is 5.85. The number of sulfonamides is 1. The molecule has 0 aromatic heterocycles. The maximum absolute atomic E-state index is 12.7. The third kappa shape index (κ3) is 4.75. The van der Waals surface area contributed by atoms with E-state index in [2.05, 4.69) is 28.8 Å². The van der Waals surface area contributed by atoms with Crippen LogP contribution in [0.25, 0.3) is 0 Å². The van der Waals surface area contributed by atoms with Gasteiger partial charge in [-0.2, -0.15) is 0 Å². The van der Waals surface area contributed by atoms with Crippen LogP contribution in [0.4, 0.5) is 17.1 Å². The first-order valence-electron chi connectivity index (χ1n) is 9.42. The van der Waals surface area contributed by atoms with E-state index in [0.717, 1.165) is 53.8 Å². The Labute approximate surface area is 163 Å². The Morgan fingerprint density at radius 1 is 1.15 bits per heavy atom. The normalized spacial score (nSPS) is 14.5. The molecule has 0 saturated carbocycles. The van der Waals surface area contributed by atoms with Gasteiger partial charge in [-0.25, -0.2) is 8.42 Å². The summed E-state index contributed by atoms with van der Waals surface area (Å²) in [7, 11) is -3.42. The molecule has 0 spiro atoms. The topological polar surface area (TPSA) is 78.5 Å². The monoisotopic (exact) mass is 395 g/mol. The predicted molar refractivity (Wildman–Crippen MR) is 113 cm³/mol. The molecular formula is C20H33N3O3S. The van der Waals surface area contributed by atoms with Gasteiger partial charge < -0.3 is 10.2 Å². The van der Waals surface area contributed by atoms with E-state index in [1.54, 1.807) is 0 Å². The fraction of sp³-hybridized carbons (Fsp3) is 0.650. The second-order valence-electron chi connectivity index (χ2n) is 9.00. The van der Waals surface area contributed by atoms with Crippen molar-refractivity contribution in [1.82, 2.24) is 0 Å². The third-order valence-electron chi connectivity index (χ3n) is 4.84. The predicted octanol–water partition coefficient (Wildman–Crippen LogP) is 3.68. The van der Waals surface area contributed by atoms with E-state index in [1.807, 2.05) is 34.6 Å². The van der Waals surface area contributed by atoms with E-state index in [0.29, 0.717) is 11.6 Å². The van der Waals surface area contributed by atoms with Crippen LogP contribution < -0.4 is 14.9 Å². The van der Waals surface area contributed by atoms with E-state index in [9.17, 15) is 13.2 Å². The largest absolute Gasteiger partial charge is 0.369 e. The molecule has 27 heavy (non-hydrogen) atoms. The summed E-state index contributed by atoms with van der Waals surface area (Å²) in [5.74, 6) is 0.398. The maximum Gasteiger partial charge on any atom is 0.229 e. The zero-order valence-corrected chi connectivity index (χ0v) is 18.6. The molecule has 6 nitrogen and oxygen atoms in total. The van der Waals surface area contributed by atoms with Crippen molar-refractivity contribution < 1.29 is 13.2 Å². The zero-order chi connectivity index (χ0) is 20.7. The Morgan fingerprint density at radius 3 is 2.22 bits per heavy atom. The Balaban J connectivity index is 2.68. The quantitative estimate of drug-likeness (QED) is 0.797. The van der Waals surface area contributed by atoms with Crippen LogP contribution in [0.5, 0.6) is 0 Å². The summed E-state index contributed by atoms with van der Waals surface area (Å²) in [5.41, 5.74) is 4.59. The molecule has 0 aliphatic carbocycles. The number of anilines is 3. The first-order valence-corrected chi connectivity index (χ1v) is 11.3. The molecule has 1 aromatic carbocycles. The highest BCUT2D eigenvalue weighted by Crippen LogP contribution is 2.45. The molecule has 1 aliphatic rings. The second kappa shape index (κ2) is 7.34. The molecule has 0 unspecified atom stereocenters. The number of rotatable bonds is 5. The van der Waals surface area contributed by atoms with Crippen molar-refractivity contribution in [2.45, 2.75) is 54.9 Å². The van der Waals surface area contributed by atoms with Gasteiger partial charge in [0.15, 0.2) is 0 Å². The summed E-state index contributed by atoms with van der Waals surface area (Å²) in [6.07, 6.45) is 1.99. The molecule has 1 aliphatic heterocycles. The van der Waals surface area contributed by atoms with Gasteiger partial charge in [0.2, 0.25) is 15.9 Å². The molecule has 0 fully saturated rings. The minimum absolute atomic E-state index is 0.0849. The highest BCUT2D eigenvalue weighted by molar-refractivity contribution is 7.92. The molecular weight excluding hydrogens is 362 g/mol. The van der Waals surface area contributed by atoms with Crippen LogP contribution in [0.1, 0.15) is 51.3 Å². The van der Waals surface area contributed by atoms with E-state index in [1.165, 1.54) is 0 Å². The minimum Gasteiger partial charge on any atom is -0.369 e. The molecule has 7 heteroatoms. The number of nitrogens with zero attached hydrogens (tertiary/aromatic N) is 1.